The van der Waals surface area contributed by atoms with Gasteiger partial charge in [-0.15, -0.1) is 11.3 Å². The Hall–Kier alpha value is -1.56. The van der Waals surface area contributed by atoms with Crippen LogP contribution in [0, 0.1) is 5.92 Å². The van der Waals surface area contributed by atoms with Crippen molar-refractivity contribution in [2.75, 3.05) is 13.1 Å². The highest BCUT2D eigenvalue weighted by Gasteiger charge is 2.38. The van der Waals surface area contributed by atoms with Gasteiger partial charge in [0.25, 0.3) is 0 Å². The number of hydrogen-bond acceptors (Lipinski definition) is 4. The van der Waals surface area contributed by atoms with Gasteiger partial charge in [-0.05, 0) is 57.9 Å². The number of thiophene rings is 1. The minimum Gasteiger partial charge on any atom is -0.444 e. The lowest BCUT2D eigenvalue weighted by Gasteiger charge is -2.35. The number of amides is 2. The Bertz CT molecular complexity index is 605. The zero-order valence-corrected chi connectivity index (χ0v) is 16.2. The van der Waals surface area contributed by atoms with Gasteiger partial charge >= 0.3 is 6.09 Å². The highest BCUT2D eigenvalue weighted by Crippen LogP contribution is 2.32. The summed E-state index contributed by atoms with van der Waals surface area (Å²) in [5.74, 6) is 0.0889. The molecule has 2 fully saturated rings. The number of carbonyl (C=O) groups is 2. The topological polar surface area (TPSA) is 49.9 Å². The molecule has 138 valence electrons. The second kappa shape index (κ2) is 7.36. The van der Waals surface area contributed by atoms with Gasteiger partial charge in [0, 0.05) is 24.0 Å². The molecule has 0 bridgehead atoms. The Labute approximate surface area is 153 Å². The first-order valence-electron chi connectivity index (χ1n) is 9.14. The van der Waals surface area contributed by atoms with E-state index in [-0.39, 0.29) is 17.9 Å². The Morgan fingerprint density at radius 2 is 2.08 bits per heavy atom. The van der Waals surface area contributed by atoms with Crippen LogP contribution in [0.4, 0.5) is 4.79 Å². The lowest BCUT2D eigenvalue weighted by molar-refractivity contribution is -0.138. The van der Waals surface area contributed by atoms with Gasteiger partial charge in [-0.1, -0.05) is 6.07 Å². The van der Waals surface area contributed by atoms with Crippen LogP contribution in [-0.4, -0.2) is 46.5 Å². The van der Waals surface area contributed by atoms with Gasteiger partial charge in [-0.2, -0.15) is 0 Å². The van der Waals surface area contributed by atoms with E-state index in [1.54, 1.807) is 16.2 Å². The SMILES string of the molecule is CC(C)(C)OC(=O)N1CCCC(C(=O)N(Cc2cccs2)C2CC2)C1. The Balaban J connectivity index is 1.63. The zero-order valence-electron chi connectivity index (χ0n) is 15.4. The van der Waals surface area contributed by atoms with Gasteiger partial charge < -0.3 is 14.5 Å². The number of likely N-dealkylation sites (tertiary alicyclic amines) is 1. The van der Waals surface area contributed by atoms with Crippen molar-refractivity contribution < 1.29 is 14.3 Å². The molecule has 1 aromatic heterocycles. The van der Waals surface area contributed by atoms with E-state index in [1.807, 2.05) is 31.7 Å². The van der Waals surface area contributed by atoms with Crippen LogP contribution in [0.15, 0.2) is 17.5 Å². The van der Waals surface area contributed by atoms with Gasteiger partial charge in [0.15, 0.2) is 0 Å². The summed E-state index contributed by atoms with van der Waals surface area (Å²) in [6, 6.07) is 4.49. The molecule has 2 amide bonds. The van der Waals surface area contributed by atoms with Crippen molar-refractivity contribution >= 4 is 23.3 Å². The van der Waals surface area contributed by atoms with Crippen LogP contribution in [-0.2, 0) is 16.1 Å². The standard InChI is InChI=1S/C19H28N2O3S/c1-19(2,3)24-18(23)20-10-4-6-14(12-20)17(22)21(15-8-9-15)13-16-7-5-11-25-16/h5,7,11,14-15H,4,6,8-10,12-13H2,1-3H3. The average molecular weight is 365 g/mol. The summed E-state index contributed by atoms with van der Waals surface area (Å²) < 4.78 is 5.47. The van der Waals surface area contributed by atoms with Crippen LogP contribution in [0.5, 0.6) is 0 Å². The molecule has 1 saturated heterocycles. The molecule has 0 spiro atoms. The maximum atomic E-state index is 13.1. The lowest BCUT2D eigenvalue weighted by Crippen LogP contribution is -2.48. The number of carbonyl (C=O) groups excluding carboxylic acids is 2. The van der Waals surface area contributed by atoms with Crippen LogP contribution in [0.25, 0.3) is 0 Å². The van der Waals surface area contributed by atoms with Crippen molar-refractivity contribution in [2.24, 2.45) is 5.92 Å². The third-order valence-electron chi connectivity index (χ3n) is 4.60. The van der Waals surface area contributed by atoms with E-state index in [0.29, 0.717) is 25.7 Å². The zero-order chi connectivity index (χ0) is 18.0. The molecule has 0 aromatic carbocycles. The van der Waals surface area contributed by atoms with E-state index in [0.717, 1.165) is 25.7 Å². The number of piperidine rings is 1. The highest BCUT2D eigenvalue weighted by molar-refractivity contribution is 7.09. The molecule has 1 aliphatic heterocycles. The number of rotatable bonds is 4. The molecule has 2 heterocycles. The fourth-order valence-corrected chi connectivity index (χ4v) is 3.95. The molecular formula is C19H28N2O3S. The first-order chi connectivity index (χ1) is 11.8. The van der Waals surface area contributed by atoms with Crippen molar-refractivity contribution in [1.29, 1.82) is 0 Å². The summed E-state index contributed by atoms with van der Waals surface area (Å²) in [7, 11) is 0. The van der Waals surface area contributed by atoms with Gasteiger partial charge in [-0.3, -0.25) is 4.79 Å². The summed E-state index contributed by atoms with van der Waals surface area (Å²) in [6.07, 6.45) is 3.60. The normalized spacial score (nSPS) is 21.1. The monoisotopic (exact) mass is 364 g/mol. The molecule has 2 aliphatic rings. The molecule has 0 radical (unpaired) electrons. The molecule has 6 heteroatoms. The largest absolute Gasteiger partial charge is 0.444 e. The second-order valence-electron chi connectivity index (χ2n) is 8.04. The maximum Gasteiger partial charge on any atom is 0.410 e. The Morgan fingerprint density at radius 3 is 2.68 bits per heavy atom. The molecule has 0 N–H and O–H groups in total. The third kappa shape index (κ3) is 4.97. The Kier molecular flexibility index (Phi) is 5.37. The number of nitrogens with zero attached hydrogens (tertiary/aromatic N) is 2. The van der Waals surface area contributed by atoms with Crippen molar-refractivity contribution in [3.8, 4) is 0 Å². The van der Waals surface area contributed by atoms with E-state index >= 15 is 0 Å². The molecular weight excluding hydrogens is 336 g/mol. The number of ether oxygens (including phenoxy) is 1. The van der Waals surface area contributed by atoms with Gasteiger partial charge in [0.2, 0.25) is 5.91 Å². The molecule has 1 aliphatic carbocycles. The summed E-state index contributed by atoms with van der Waals surface area (Å²) in [5, 5.41) is 2.05. The Morgan fingerprint density at radius 1 is 1.32 bits per heavy atom. The van der Waals surface area contributed by atoms with Gasteiger partial charge in [0.05, 0.1) is 12.5 Å². The first kappa shape index (κ1) is 18.2. The molecule has 25 heavy (non-hydrogen) atoms. The smallest absolute Gasteiger partial charge is 0.410 e. The van der Waals surface area contributed by atoms with E-state index < -0.39 is 5.60 Å². The highest BCUT2D eigenvalue weighted by atomic mass is 32.1. The predicted octanol–water partition coefficient (Wildman–Crippen LogP) is 3.89. The summed E-state index contributed by atoms with van der Waals surface area (Å²) in [6.45, 7) is 7.45. The minimum atomic E-state index is -0.507. The molecule has 1 atom stereocenters. The molecule has 3 rings (SSSR count). The van der Waals surface area contributed by atoms with Crippen LogP contribution in [0.1, 0.15) is 51.3 Å². The van der Waals surface area contributed by atoms with Gasteiger partial charge in [0.1, 0.15) is 5.60 Å². The van der Waals surface area contributed by atoms with Crippen molar-refractivity contribution in [3.63, 3.8) is 0 Å². The van der Waals surface area contributed by atoms with Gasteiger partial charge in [-0.25, -0.2) is 4.79 Å². The van der Waals surface area contributed by atoms with Crippen molar-refractivity contribution in [2.45, 2.75) is 64.6 Å². The minimum absolute atomic E-state index is 0.109. The fraction of sp³-hybridized carbons (Fsp3) is 0.684. The average Bonchev–Trinajstić information content (AvgIpc) is 3.27. The summed E-state index contributed by atoms with van der Waals surface area (Å²) in [4.78, 5) is 30.4. The molecule has 1 aromatic rings. The molecule has 1 saturated carbocycles. The third-order valence-corrected chi connectivity index (χ3v) is 5.46. The van der Waals surface area contributed by atoms with E-state index in [4.69, 9.17) is 4.74 Å². The summed E-state index contributed by atoms with van der Waals surface area (Å²) in [5.41, 5.74) is -0.507. The summed E-state index contributed by atoms with van der Waals surface area (Å²) >= 11 is 1.69. The first-order valence-corrected chi connectivity index (χ1v) is 10.0. The molecule has 5 nitrogen and oxygen atoms in total. The fourth-order valence-electron chi connectivity index (χ4n) is 3.25. The van der Waals surface area contributed by atoms with Crippen LogP contribution >= 0.6 is 11.3 Å². The van der Waals surface area contributed by atoms with E-state index in [2.05, 4.69) is 11.4 Å². The van der Waals surface area contributed by atoms with Crippen LogP contribution in [0.3, 0.4) is 0 Å². The predicted molar refractivity (Wildman–Crippen MR) is 98.4 cm³/mol. The van der Waals surface area contributed by atoms with Crippen LogP contribution < -0.4 is 0 Å². The van der Waals surface area contributed by atoms with Crippen LogP contribution in [0.2, 0.25) is 0 Å². The second-order valence-corrected chi connectivity index (χ2v) is 9.07. The number of hydrogen-bond donors (Lipinski definition) is 0. The lowest BCUT2D eigenvalue weighted by atomic mass is 9.96. The van der Waals surface area contributed by atoms with E-state index in [9.17, 15) is 9.59 Å². The van der Waals surface area contributed by atoms with Crippen molar-refractivity contribution in [1.82, 2.24) is 9.80 Å². The molecule has 1 unspecified atom stereocenters. The quantitative estimate of drug-likeness (QED) is 0.814. The van der Waals surface area contributed by atoms with Crippen molar-refractivity contribution in [3.05, 3.63) is 22.4 Å². The maximum absolute atomic E-state index is 13.1. The van der Waals surface area contributed by atoms with E-state index in [1.165, 1.54) is 4.88 Å².